The molecule has 1 aromatic heterocycles. The molecule has 0 aliphatic rings. The number of aromatic nitrogens is 3. The molecule has 0 saturated heterocycles. The van der Waals surface area contributed by atoms with Gasteiger partial charge in [-0.2, -0.15) is 0 Å². The van der Waals surface area contributed by atoms with E-state index in [-0.39, 0.29) is 12.0 Å². The van der Waals surface area contributed by atoms with Crippen molar-refractivity contribution in [2.75, 3.05) is 0 Å². The summed E-state index contributed by atoms with van der Waals surface area (Å²) >= 11 is 0. The molecule has 1 rings (SSSR count). The highest BCUT2D eigenvalue weighted by molar-refractivity contribution is 5.66. The van der Waals surface area contributed by atoms with Crippen LogP contribution < -0.4 is 0 Å². The summed E-state index contributed by atoms with van der Waals surface area (Å²) in [5, 5.41) is 16.4. The van der Waals surface area contributed by atoms with Gasteiger partial charge in [0.1, 0.15) is 0 Å². The van der Waals surface area contributed by atoms with Crippen molar-refractivity contribution in [3.63, 3.8) is 0 Å². The van der Waals surface area contributed by atoms with Gasteiger partial charge < -0.3 is 5.11 Å². The highest BCUT2D eigenvalue weighted by Gasteiger charge is 2.17. The molecule has 0 amide bonds. The first kappa shape index (κ1) is 11.7. The van der Waals surface area contributed by atoms with Gasteiger partial charge in [0.2, 0.25) is 0 Å². The summed E-state index contributed by atoms with van der Waals surface area (Å²) in [4.78, 5) is 10.4. The molecule has 1 aromatic rings. The minimum atomic E-state index is -0.759. The van der Waals surface area contributed by atoms with Crippen molar-refractivity contribution < 1.29 is 9.90 Å². The highest BCUT2D eigenvalue weighted by atomic mass is 16.4. The van der Waals surface area contributed by atoms with Crippen molar-refractivity contribution in [2.24, 2.45) is 0 Å². The Hall–Kier alpha value is -1.39. The number of carboxylic acid groups (broad SMARTS) is 1. The second-order valence-electron chi connectivity index (χ2n) is 4.56. The van der Waals surface area contributed by atoms with Crippen molar-refractivity contribution in [3.05, 3.63) is 11.9 Å². The molecule has 0 fully saturated rings. The standard InChI is InChI=1S/C10H17N3O2/c1-10(2,3)13-8(7-11-12-13)5-4-6-9(14)15/h7H,4-6H2,1-3H3,(H,14,15). The predicted molar refractivity (Wildman–Crippen MR) is 55.6 cm³/mol. The number of aliphatic carboxylic acids is 1. The summed E-state index contributed by atoms with van der Waals surface area (Å²) in [6, 6.07) is 0. The molecule has 15 heavy (non-hydrogen) atoms. The van der Waals surface area contributed by atoms with Gasteiger partial charge in [0, 0.05) is 6.42 Å². The minimum Gasteiger partial charge on any atom is -0.481 e. The molecule has 0 atom stereocenters. The first-order valence-electron chi connectivity index (χ1n) is 5.03. The number of rotatable bonds is 4. The molecule has 0 saturated carbocycles. The number of hydrogen-bond acceptors (Lipinski definition) is 3. The molecule has 0 bridgehead atoms. The molecule has 0 unspecified atom stereocenters. The molecule has 0 radical (unpaired) electrons. The van der Waals surface area contributed by atoms with Gasteiger partial charge in [0.05, 0.1) is 17.4 Å². The SMILES string of the molecule is CC(C)(C)n1nncc1CCCC(=O)O. The van der Waals surface area contributed by atoms with E-state index in [1.807, 2.05) is 25.5 Å². The van der Waals surface area contributed by atoms with Crippen LogP contribution in [0.2, 0.25) is 0 Å². The predicted octanol–water partition coefficient (Wildman–Crippen LogP) is 1.44. The number of carbonyl (C=O) groups is 1. The molecule has 1 N–H and O–H groups in total. The molecule has 84 valence electrons. The van der Waals surface area contributed by atoms with Gasteiger partial charge in [-0.25, -0.2) is 4.68 Å². The van der Waals surface area contributed by atoms with Gasteiger partial charge in [0.15, 0.2) is 0 Å². The zero-order valence-corrected chi connectivity index (χ0v) is 9.40. The lowest BCUT2D eigenvalue weighted by Gasteiger charge is -2.21. The summed E-state index contributed by atoms with van der Waals surface area (Å²) in [5.41, 5.74) is 0.887. The molecular formula is C10H17N3O2. The van der Waals surface area contributed by atoms with Crippen LogP contribution >= 0.6 is 0 Å². The van der Waals surface area contributed by atoms with E-state index < -0.39 is 5.97 Å². The maximum absolute atomic E-state index is 10.4. The second kappa shape index (κ2) is 4.42. The van der Waals surface area contributed by atoms with E-state index in [4.69, 9.17) is 5.11 Å². The normalized spacial score (nSPS) is 11.7. The second-order valence-corrected chi connectivity index (χ2v) is 4.56. The van der Waals surface area contributed by atoms with Crippen molar-refractivity contribution in [3.8, 4) is 0 Å². The Morgan fingerprint density at radius 3 is 2.73 bits per heavy atom. The van der Waals surface area contributed by atoms with E-state index in [0.29, 0.717) is 12.8 Å². The van der Waals surface area contributed by atoms with E-state index in [9.17, 15) is 4.79 Å². The Kier molecular flexibility index (Phi) is 3.44. The molecule has 0 aliphatic carbocycles. The minimum absolute atomic E-state index is 0.102. The topological polar surface area (TPSA) is 68.0 Å². The van der Waals surface area contributed by atoms with Crippen LogP contribution in [0.3, 0.4) is 0 Å². The third-order valence-electron chi connectivity index (χ3n) is 2.08. The fraction of sp³-hybridized carbons (Fsp3) is 0.700. The smallest absolute Gasteiger partial charge is 0.303 e. The maximum Gasteiger partial charge on any atom is 0.303 e. The quantitative estimate of drug-likeness (QED) is 0.818. The Morgan fingerprint density at radius 1 is 1.53 bits per heavy atom. The largest absolute Gasteiger partial charge is 0.481 e. The van der Waals surface area contributed by atoms with E-state index in [0.717, 1.165) is 5.69 Å². The van der Waals surface area contributed by atoms with Crippen molar-refractivity contribution >= 4 is 5.97 Å². The first-order chi connectivity index (χ1) is 6.91. The van der Waals surface area contributed by atoms with Crippen molar-refractivity contribution in [2.45, 2.75) is 45.6 Å². The lowest BCUT2D eigenvalue weighted by Crippen LogP contribution is -2.25. The average Bonchev–Trinajstić information content (AvgIpc) is 2.50. The summed E-state index contributed by atoms with van der Waals surface area (Å²) in [5.74, 6) is -0.759. The molecule has 5 nitrogen and oxygen atoms in total. The fourth-order valence-electron chi connectivity index (χ4n) is 1.41. The zero-order valence-electron chi connectivity index (χ0n) is 9.40. The first-order valence-corrected chi connectivity index (χ1v) is 5.03. The van der Waals surface area contributed by atoms with Gasteiger partial charge in [-0.15, -0.1) is 5.10 Å². The number of aryl methyl sites for hydroxylation is 1. The van der Waals surface area contributed by atoms with Gasteiger partial charge in [-0.05, 0) is 33.6 Å². The van der Waals surface area contributed by atoms with Gasteiger partial charge >= 0.3 is 5.97 Å². The summed E-state index contributed by atoms with van der Waals surface area (Å²) in [7, 11) is 0. The third-order valence-corrected chi connectivity index (χ3v) is 2.08. The number of hydrogen-bond donors (Lipinski definition) is 1. The molecular weight excluding hydrogens is 194 g/mol. The van der Waals surface area contributed by atoms with Crippen molar-refractivity contribution in [1.29, 1.82) is 0 Å². The molecule has 0 spiro atoms. The Morgan fingerprint density at radius 2 is 2.20 bits per heavy atom. The lowest BCUT2D eigenvalue weighted by molar-refractivity contribution is -0.137. The monoisotopic (exact) mass is 211 g/mol. The summed E-state index contributed by atoms with van der Waals surface area (Å²) in [6.07, 6.45) is 3.22. The lowest BCUT2D eigenvalue weighted by atomic mass is 10.1. The van der Waals surface area contributed by atoms with Crippen LogP contribution in [0.25, 0.3) is 0 Å². The average molecular weight is 211 g/mol. The van der Waals surface area contributed by atoms with Crippen LogP contribution in [0.4, 0.5) is 0 Å². The molecule has 5 heteroatoms. The Labute approximate surface area is 89.1 Å². The fourth-order valence-corrected chi connectivity index (χ4v) is 1.41. The van der Waals surface area contributed by atoms with Crippen LogP contribution in [0, 0.1) is 0 Å². The molecule has 1 heterocycles. The molecule has 0 aromatic carbocycles. The van der Waals surface area contributed by atoms with Crippen LogP contribution in [-0.2, 0) is 16.8 Å². The number of carboxylic acids is 1. The van der Waals surface area contributed by atoms with Gasteiger partial charge in [-0.3, -0.25) is 4.79 Å². The number of nitrogens with zero attached hydrogens (tertiary/aromatic N) is 3. The van der Waals surface area contributed by atoms with Crippen LogP contribution in [0.1, 0.15) is 39.3 Å². The maximum atomic E-state index is 10.4. The van der Waals surface area contributed by atoms with Gasteiger partial charge in [0.25, 0.3) is 0 Å². The zero-order chi connectivity index (χ0) is 11.5. The highest BCUT2D eigenvalue weighted by Crippen LogP contribution is 2.15. The summed E-state index contributed by atoms with van der Waals surface area (Å²) in [6.45, 7) is 6.13. The van der Waals surface area contributed by atoms with Crippen LogP contribution in [-0.4, -0.2) is 26.1 Å². The van der Waals surface area contributed by atoms with E-state index in [2.05, 4.69) is 10.3 Å². The third kappa shape index (κ3) is 3.34. The van der Waals surface area contributed by atoms with Gasteiger partial charge in [-0.1, -0.05) is 5.21 Å². The van der Waals surface area contributed by atoms with Crippen LogP contribution in [0.5, 0.6) is 0 Å². The van der Waals surface area contributed by atoms with Crippen LogP contribution in [0.15, 0.2) is 6.20 Å². The Balaban J connectivity index is 2.62. The van der Waals surface area contributed by atoms with Crippen molar-refractivity contribution in [1.82, 2.24) is 15.0 Å². The van der Waals surface area contributed by atoms with E-state index in [1.165, 1.54) is 0 Å². The van der Waals surface area contributed by atoms with E-state index >= 15 is 0 Å². The summed E-state index contributed by atoms with van der Waals surface area (Å²) < 4.78 is 1.84. The Bertz CT molecular complexity index is 339. The molecule has 0 aliphatic heterocycles. The van der Waals surface area contributed by atoms with E-state index in [1.54, 1.807) is 6.20 Å².